The predicted octanol–water partition coefficient (Wildman–Crippen LogP) is 3.01. The minimum Gasteiger partial charge on any atom is -0.302 e. The fourth-order valence-corrected chi connectivity index (χ4v) is 4.76. The van der Waals surface area contributed by atoms with E-state index in [0.717, 1.165) is 11.3 Å². The molecule has 0 unspecified atom stereocenters. The molecule has 3 rings (SSSR count). The number of terminal acetylenes is 1. The van der Waals surface area contributed by atoms with E-state index in [1.807, 2.05) is 0 Å². The van der Waals surface area contributed by atoms with Gasteiger partial charge in [0.15, 0.2) is 14.6 Å². The number of benzene rings is 2. The molecule has 1 amide bonds. The van der Waals surface area contributed by atoms with Crippen LogP contribution in [0.25, 0.3) is 10.2 Å². The maximum atomic E-state index is 14.2. The van der Waals surface area contributed by atoms with Crippen molar-refractivity contribution in [3.63, 3.8) is 0 Å². The van der Waals surface area contributed by atoms with Crippen LogP contribution < -0.4 is 4.80 Å². The zero-order valence-corrected chi connectivity index (χ0v) is 16.0. The van der Waals surface area contributed by atoms with Gasteiger partial charge in [-0.05, 0) is 24.3 Å². The lowest BCUT2D eigenvalue weighted by Gasteiger charge is -2.06. The summed E-state index contributed by atoms with van der Waals surface area (Å²) in [6.07, 6.45) is 5.38. The van der Waals surface area contributed by atoms with Gasteiger partial charge in [0.25, 0.3) is 5.91 Å². The number of nitrogens with zero attached hydrogens (tertiary/aromatic N) is 2. The molecular formula is C19H15FN2O3S2. The Hall–Kier alpha value is -2.76. The van der Waals surface area contributed by atoms with Crippen LogP contribution in [0.15, 0.2) is 52.4 Å². The number of rotatable bonds is 4. The number of thiazole rings is 1. The number of sulfone groups is 1. The molecule has 0 bridgehead atoms. The molecule has 0 spiro atoms. The number of fused-ring (bicyclic) bond motifs is 1. The molecule has 0 fully saturated rings. The molecule has 138 valence electrons. The van der Waals surface area contributed by atoms with Gasteiger partial charge in [-0.2, -0.15) is 4.99 Å². The van der Waals surface area contributed by atoms with Gasteiger partial charge in [-0.15, -0.1) is 6.42 Å². The quantitative estimate of drug-likeness (QED) is 0.630. The topological polar surface area (TPSA) is 68.5 Å². The van der Waals surface area contributed by atoms with Gasteiger partial charge in [0.1, 0.15) is 5.82 Å². The molecule has 1 heterocycles. The van der Waals surface area contributed by atoms with Crippen molar-refractivity contribution in [2.24, 2.45) is 4.99 Å². The Morgan fingerprint density at radius 1 is 1.26 bits per heavy atom. The summed E-state index contributed by atoms with van der Waals surface area (Å²) >= 11 is 1.11. The van der Waals surface area contributed by atoms with Gasteiger partial charge in [-0.3, -0.25) is 4.79 Å². The monoisotopic (exact) mass is 402 g/mol. The number of aromatic nitrogens is 1. The molecular weight excluding hydrogens is 387 g/mol. The fraction of sp³-hybridized carbons (Fsp3) is 0.158. The Morgan fingerprint density at radius 2 is 2.00 bits per heavy atom. The minimum atomic E-state index is -3.59. The van der Waals surface area contributed by atoms with E-state index in [9.17, 15) is 17.6 Å². The van der Waals surface area contributed by atoms with Crippen molar-refractivity contribution < 1.29 is 17.6 Å². The molecule has 0 aliphatic carbocycles. The molecule has 27 heavy (non-hydrogen) atoms. The van der Waals surface area contributed by atoms with E-state index in [-0.39, 0.29) is 33.1 Å². The zero-order chi connectivity index (χ0) is 19.6. The second kappa shape index (κ2) is 7.47. The van der Waals surface area contributed by atoms with E-state index < -0.39 is 21.6 Å². The van der Waals surface area contributed by atoms with Crippen molar-refractivity contribution in [1.82, 2.24) is 4.57 Å². The standard InChI is InChI=1S/C19H15FN2O3S2/c1-3-12-22-17-14(20)9-7-10-15(17)26-19(22)21-18(23)13-8-5-6-11-16(13)27(24,25)4-2/h1,5-11H,4,12H2,2H3. The average Bonchev–Trinajstić information content (AvgIpc) is 3.00. The first-order chi connectivity index (χ1) is 12.9. The number of hydrogen-bond acceptors (Lipinski definition) is 4. The third-order valence-electron chi connectivity index (χ3n) is 3.93. The lowest BCUT2D eigenvalue weighted by molar-refractivity contribution is 0.0994. The lowest BCUT2D eigenvalue weighted by atomic mass is 10.2. The van der Waals surface area contributed by atoms with E-state index in [2.05, 4.69) is 10.9 Å². The van der Waals surface area contributed by atoms with Crippen LogP contribution in [0.1, 0.15) is 17.3 Å². The summed E-state index contributed by atoms with van der Waals surface area (Å²) in [5, 5.41) is 0. The third kappa shape index (κ3) is 3.56. The van der Waals surface area contributed by atoms with Gasteiger partial charge in [-0.25, -0.2) is 12.8 Å². The van der Waals surface area contributed by atoms with Crippen molar-refractivity contribution >= 4 is 37.3 Å². The summed E-state index contributed by atoms with van der Waals surface area (Å²) in [7, 11) is -3.59. The molecule has 0 atom stereocenters. The SMILES string of the molecule is C#CCn1c(=NC(=O)c2ccccc2S(=O)(=O)CC)sc2cccc(F)c21. The van der Waals surface area contributed by atoms with Crippen molar-refractivity contribution in [3.8, 4) is 12.3 Å². The van der Waals surface area contributed by atoms with Crippen molar-refractivity contribution in [2.45, 2.75) is 18.4 Å². The van der Waals surface area contributed by atoms with Gasteiger partial charge in [0.05, 0.1) is 33.0 Å². The van der Waals surface area contributed by atoms with Crippen LogP contribution in [-0.2, 0) is 16.4 Å². The minimum absolute atomic E-state index is 0.0236. The highest BCUT2D eigenvalue weighted by Crippen LogP contribution is 2.21. The third-order valence-corrected chi connectivity index (χ3v) is 6.76. The van der Waals surface area contributed by atoms with Gasteiger partial charge in [0, 0.05) is 0 Å². The highest BCUT2D eigenvalue weighted by Gasteiger charge is 2.21. The molecule has 0 saturated carbocycles. The van der Waals surface area contributed by atoms with E-state index in [4.69, 9.17) is 6.42 Å². The Bertz CT molecular complexity index is 1250. The van der Waals surface area contributed by atoms with E-state index in [1.165, 1.54) is 29.7 Å². The lowest BCUT2D eigenvalue weighted by Crippen LogP contribution is -2.18. The first-order valence-corrected chi connectivity index (χ1v) is 10.5. The number of carbonyl (C=O) groups excluding carboxylic acids is 1. The van der Waals surface area contributed by atoms with Gasteiger partial charge < -0.3 is 4.57 Å². The molecule has 8 heteroatoms. The number of halogens is 1. The number of amides is 1. The van der Waals surface area contributed by atoms with Crippen LogP contribution in [0.3, 0.4) is 0 Å². The maximum Gasteiger partial charge on any atom is 0.280 e. The second-order valence-corrected chi connectivity index (χ2v) is 8.83. The van der Waals surface area contributed by atoms with Crippen molar-refractivity contribution in [1.29, 1.82) is 0 Å². The van der Waals surface area contributed by atoms with Gasteiger partial charge >= 0.3 is 0 Å². The van der Waals surface area contributed by atoms with Crippen molar-refractivity contribution in [2.75, 3.05) is 5.75 Å². The molecule has 1 aromatic heterocycles. The summed E-state index contributed by atoms with van der Waals surface area (Å²) < 4.78 is 40.8. The predicted molar refractivity (Wildman–Crippen MR) is 103 cm³/mol. The van der Waals surface area contributed by atoms with Crippen LogP contribution in [0, 0.1) is 18.2 Å². The molecule has 2 aromatic carbocycles. The van der Waals surface area contributed by atoms with E-state index in [0.29, 0.717) is 4.70 Å². The summed E-state index contributed by atoms with van der Waals surface area (Å²) in [5.74, 6) is 1.09. The van der Waals surface area contributed by atoms with Gasteiger partial charge in [-0.1, -0.05) is 42.4 Å². The van der Waals surface area contributed by atoms with Crippen LogP contribution in [-0.4, -0.2) is 24.6 Å². The van der Waals surface area contributed by atoms with Crippen LogP contribution in [0.5, 0.6) is 0 Å². The first-order valence-electron chi connectivity index (χ1n) is 8.01. The van der Waals surface area contributed by atoms with Crippen LogP contribution in [0.2, 0.25) is 0 Å². The molecule has 0 saturated heterocycles. The normalized spacial score (nSPS) is 12.3. The largest absolute Gasteiger partial charge is 0.302 e. The summed E-state index contributed by atoms with van der Waals surface area (Å²) in [6, 6.07) is 10.5. The summed E-state index contributed by atoms with van der Waals surface area (Å²) in [5.41, 5.74) is 0.242. The van der Waals surface area contributed by atoms with E-state index in [1.54, 1.807) is 24.3 Å². The first kappa shape index (κ1) is 19.0. The molecule has 0 radical (unpaired) electrons. The smallest absolute Gasteiger partial charge is 0.280 e. The fourth-order valence-electron chi connectivity index (χ4n) is 2.63. The Labute approximate surface area is 159 Å². The van der Waals surface area contributed by atoms with Crippen molar-refractivity contribution in [3.05, 3.63) is 58.6 Å². The van der Waals surface area contributed by atoms with Crippen LogP contribution in [0.4, 0.5) is 4.39 Å². The zero-order valence-electron chi connectivity index (χ0n) is 14.3. The highest BCUT2D eigenvalue weighted by molar-refractivity contribution is 7.91. The van der Waals surface area contributed by atoms with Gasteiger partial charge in [0.2, 0.25) is 0 Å². The Balaban J connectivity index is 2.23. The summed E-state index contributed by atoms with van der Waals surface area (Å²) in [4.78, 5) is 16.9. The Morgan fingerprint density at radius 3 is 2.70 bits per heavy atom. The van der Waals surface area contributed by atoms with E-state index >= 15 is 0 Å². The van der Waals surface area contributed by atoms with Crippen LogP contribution >= 0.6 is 11.3 Å². The molecule has 3 aromatic rings. The Kier molecular flexibility index (Phi) is 5.26. The number of para-hydroxylation sites is 1. The number of carbonyl (C=O) groups is 1. The second-order valence-electron chi connectivity index (χ2n) is 5.58. The molecule has 0 aliphatic heterocycles. The molecule has 0 aliphatic rings. The maximum absolute atomic E-state index is 14.2. The average molecular weight is 402 g/mol. The molecule has 5 nitrogen and oxygen atoms in total. The number of hydrogen-bond donors (Lipinski definition) is 0. The molecule has 0 N–H and O–H groups in total. The highest BCUT2D eigenvalue weighted by atomic mass is 32.2. The summed E-state index contributed by atoms with van der Waals surface area (Å²) in [6.45, 7) is 1.53.